The molecule has 1 unspecified atom stereocenters. The number of halogens is 1. The molecule has 0 radical (unpaired) electrons. The second-order valence-electron chi connectivity index (χ2n) is 2.02. The third-order valence-corrected chi connectivity index (χ3v) is 1.28. The molecule has 0 fully saturated rings. The van der Waals surface area contributed by atoms with Crippen LogP contribution in [0.2, 0.25) is 0 Å². The van der Waals surface area contributed by atoms with E-state index in [0.717, 1.165) is 11.6 Å². The number of nitrogens with zero attached hydrogens (tertiary/aromatic N) is 1. The normalized spacial score (nSPS) is 27.8. The fourth-order valence-electron chi connectivity index (χ4n) is 0.674. The molecule has 0 aromatic heterocycles. The van der Waals surface area contributed by atoms with E-state index in [1.807, 2.05) is 6.08 Å². The molecule has 1 nitrogen and oxygen atoms in total. The van der Waals surface area contributed by atoms with Crippen molar-refractivity contribution in [3.8, 4) is 0 Å². The zero-order valence-electron chi connectivity index (χ0n) is 4.76. The van der Waals surface area contributed by atoms with E-state index in [2.05, 4.69) is 11.9 Å². The minimum atomic E-state index is 0.521. The Morgan fingerprint density at radius 1 is 1.88 bits per heavy atom. The van der Waals surface area contributed by atoms with Crippen molar-refractivity contribution in [1.82, 2.24) is 0 Å². The lowest BCUT2D eigenvalue weighted by Gasteiger charge is -2.05. The maximum atomic E-state index is 5.62. The Balaban J connectivity index is 2.63. The van der Waals surface area contributed by atoms with Gasteiger partial charge in [0.25, 0.3) is 0 Å². The van der Waals surface area contributed by atoms with Crippen LogP contribution in [0, 0.1) is 5.92 Å². The van der Waals surface area contributed by atoms with Gasteiger partial charge in [0.2, 0.25) is 0 Å². The van der Waals surface area contributed by atoms with Gasteiger partial charge in [-0.2, -0.15) is 0 Å². The van der Waals surface area contributed by atoms with E-state index in [4.69, 9.17) is 11.6 Å². The SMILES string of the molecule is CC1C=C(Cl)C=NC1. The van der Waals surface area contributed by atoms with Crippen molar-refractivity contribution in [1.29, 1.82) is 0 Å². The van der Waals surface area contributed by atoms with Crippen molar-refractivity contribution in [3.63, 3.8) is 0 Å². The van der Waals surface area contributed by atoms with E-state index in [0.29, 0.717) is 5.92 Å². The molecule has 0 aromatic carbocycles. The molecular formula is C6H8ClN. The summed E-state index contributed by atoms with van der Waals surface area (Å²) in [5.41, 5.74) is 0. The third-order valence-electron chi connectivity index (χ3n) is 1.05. The van der Waals surface area contributed by atoms with Gasteiger partial charge in [0, 0.05) is 12.8 Å². The summed E-state index contributed by atoms with van der Waals surface area (Å²) >= 11 is 5.62. The van der Waals surface area contributed by atoms with Crippen molar-refractivity contribution in [2.45, 2.75) is 6.92 Å². The van der Waals surface area contributed by atoms with E-state index in [1.165, 1.54) is 0 Å². The van der Waals surface area contributed by atoms with Gasteiger partial charge < -0.3 is 0 Å². The number of allylic oxidation sites excluding steroid dienone is 1. The summed E-state index contributed by atoms with van der Waals surface area (Å²) in [6, 6.07) is 0. The van der Waals surface area contributed by atoms with Crippen LogP contribution in [0.25, 0.3) is 0 Å². The fourth-order valence-corrected chi connectivity index (χ4v) is 0.958. The van der Waals surface area contributed by atoms with Gasteiger partial charge in [-0.05, 0) is 5.92 Å². The van der Waals surface area contributed by atoms with E-state index in [9.17, 15) is 0 Å². The van der Waals surface area contributed by atoms with Crippen molar-refractivity contribution in [2.75, 3.05) is 6.54 Å². The van der Waals surface area contributed by atoms with Gasteiger partial charge in [0.1, 0.15) is 0 Å². The molecule has 1 heterocycles. The topological polar surface area (TPSA) is 12.4 Å². The zero-order chi connectivity index (χ0) is 5.98. The Labute approximate surface area is 54.1 Å². The molecule has 0 spiro atoms. The van der Waals surface area contributed by atoms with Gasteiger partial charge in [-0.25, -0.2) is 0 Å². The molecule has 0 aliphatic carbocycles. The Bertz CT molecular complexity index is 137. The van der Waals surface area contributed by atoms with E-state index < -0.39 is 0 Å². The van der Waals surface area contributed by atoms with Gasteiger partial charge in [-0.3, -0.25) is 4.99 Å². The van der Waals surface area contributed by atoms with Crippen LogP contribution in [-0.4, -0.2) is 12.8 Å². The first kappa shape index (κ1) is 5.83. The Hall–Kier alpha value is -0.300. The van der Waals surface area contributed by atoms with Crippen LogP contribution in [0.1, 0.15) is 6.92 Å². The molecule has 8 heavy (non-hydrogen) atoms. The molecule has 0 saturated heterocycles. The highest BCUT2D eigenvalue weighted by Crippen LogP contribution is 2.09. The smallest absolute Gasteiger partial charge is 0.0547 e. The second kappa shape index (κ2) is 2.31. The Kier molecular flexibility index (Phi) is 1.69. The van der Waals surface area contributed by atoms with Crippen LogP contribution in [0.4, 0.5) is 0 Å². The van der Waals surface area contributed by atoms with E-state index >= 15 is 0 Å². The highest BCUT2D eigenvalue weighted by Gasteiger charge is 2.00. The number of dihydropyridines is 1. The summed E-state index contributed by atoms with van der Waals surface area (Å²) in [4.78, 5) is 4.01. The maximum absolute atomic E-state index is 5.62. The molecular weight excluding hydrogens is 122 g/mol. The van der Waals surface area contributed by atoms with Crippen LogP contribution >= 0.6 is 11.6 Å². The molecule has 1 aliphatic heterocycles. The highest BCUT2D eigenvalue weighted by atomic mass is 35.5. The van der Waals surface area contributed by atoms with Crippen LogP contribution in [0.3, 0.4) is 0 Å². The average Bonchev–Trinajstić information content (AvgIpc) is 1.64. The fraction of sp³-hybridized carbons (Fsp3) is 0.500. The van der Waals surface area contributed by atoms with Crippen LogP contribution in [0.15, 0.2) is 16.1 Å². The summed E-state index contributed by atoms with van der Waals surface area (Å²) in [6.07, 6.45) is 3.70. The lowest BCUT2D eigenvalue weighted by atomic mass is 10.1. The molecule has 0 N–H and O–H groups in total. The number of aliphatic imine (C=N–C) groups is 1. The largest absolute Gasteiger partial charge is 0.291 e. The zero-order valence-corrected chi connectivity index (χ0v) is 5.52. The van der Waals surface area contributed by atoms with E-state index in [1.54, 1.807) is 6.21 Å². The van der Waals surface area contributed by atoms with Gasteiger partial charge in [0.05, 0.1) is 5.03 Å². The Morgan fingerprint density at radius 2 is 2.62 bits per heavy atom. The molecule has 0 aromatic rings. The predicted molar refractivity (Wildman–Crippen MR) is 36.5 cm³/mol. The lowest BCUT2D eigenvalue weighted by Crippen LogP contribution is -2.00. The molecule has 2 heteroatoms. The minimum absolute atomic E-state index is 0.521. The van der Waals surface area contributed by atoms with Gasteiger partial charge >= 0.3 is 0 Å². The van der Waals surface area contributed by atoms with Crippen LogP contribution in [0.5, 0.6) is 0 Å². The summed E-state index contributed by atoms with van der Waals surface area (Å²) in [7, 11) is 0. The van der Waals surface area contributed by atoms with Crippen molar-refractivity contribution in [3.05, 3.63) is 11.1 Å². The van der Waals surface area contributed by atoms with Crippen LogP contribution in [-0.2, 0) is 0 Å². The van der Waals surface area contributed by atoms with Gasteiger partial charge in [-0.15, -0.1) is 0 Å². The summed E-state index contributed by atoms with van der Waals surface area (Å²) in [5.74, 6) is 0.521. The Morgan fingerprint density at radius 3 is 3.00 bits per heavy atom. The molecule has 0 saturated carbocycles. The number of hydrogen-bond acceptors (Lipinski definition) is 1. The van der Waals surface area contributed by atoms with E-state index in [-0.39, 0.29) is 0 Å². The first-order valence-electron chi connectivity index (χ1n) is 2.66. The predicted octanol–water partition coefficient (Wildman–Crippen LogP) is 1.83. The van der Waals surface area contributed by atoms with Crippen molar-refractivity contribution < 1.29 is 0 Å². The first-order chi connectivity index (χ1) is 3.79. The summed E-state index contributed by atoms with van der Waals surface area (Å²) < 4.78 is 0. The molecule has 1 rings (SSSR count). The standard InChI is InChI=1S/C6H8ClN/c1-5-2-6(7)4-8-3-5/h2,4-5H,3H2,1H3. The van der Waals surface area contributed by atoms with Crippen molar-refractivity contribution in [2.24, 2.45) is 10.9 Å². The average molecular weight is 130 g/mol. The lowest BCUT2D eigenvalue weighted by molar-refractivity contribution is 0.735. The quantitative estimate of drug-likeness (QED) is 0.473. The first-order valence-corrected chi connectivity index (χ1v) is 3.04. The minimum Gasteiger partial charge on any atom is -0.291 e. The molecule has 44 valence electrons. The monoisotopic (exact) mass is 129 g/mol. The molecule has 0 bridgehead atoms. The van der Waals surface area contributed by atoms with Crippen LogP contribution < -0.4 is 0 Å². The maximum Gasteiger partial charge on any atom is 0.0547 e. The van der Waals surface area contributed by atoms with Crippen molar-refractivity contribution >= 4 is 17.8 Å². The summed E-state index contributed by atoms with van der Waals surface area (Å²) in [5, 5.41) is 0.767. The van der Waals surface area contributed by atoms with Gasteiger partial charge in [-0.1, -0.05) is 24.6 Å². The molecule has 1 aliphatic rings. The number of hydrogen-bond donors (Lipinski definition) is 0. The molecule has 0 amide bonds. The third kappa shape index (κ3) is 1.34. The van der Waals surface area contributed by atoms with Gasteiger partial charge in [0.15, 0.2) is 0 Å². The highest BCUT2D eigenvalue weighted by molar-refractivity contribution is 6.39. The number of rotatable bonds is 0. The summed E-state index contributed by atoms with van der Waals surface area (Å²) in [6.45, 7) is 2.98. The second-order valence-corrected chi connectivity index (χ2v) is 2.46. The molecule has 1 atom stereocenters.